The smallest absolute Gasteiger partial charge is 0.379 e. The SMILES string of the molecule is CCOCCOCCOCCOS(=O)(=O)c1cc([N+]#N)c([O-])c2ccccc12. The number of nitrogens with zero attached hydrogens (tertiary/aromatic N) is 2. The maximum atomic E-state index is 12.5. The van der Waals surface area contributed by atoms with E-state index in [1.165, 1.54) is 12.1 Å². The van der Waals surface area contributed by atoms with Crippen molar-refractivity contribution in [2.45, 2.75) is 11.8 Å². The van der Waals surface area contributed by atoms with E-state index < -0.39 is 15.9 Å². The lowest BCUT2D eigenvalue weighted by molar-refractivity contribution is -0.264. The highest BCUT2D eigenvalue weighted by Crippen LogP contribution is 2.37. The molecule has 0 aromatic heterocycles. The minimum Gasteiger partial charge on any atom is -0.867 e. The van der Waals surface area contributed by atoms with Crippen LogP contribution < -0.4 is 5.11 Å². The van der Waals surface area contributed by atoms with Crippen molar-refractivity contribution < 1.29 is 31.9 Å². The molecule has 0 unspecified atom stereocenters. The van der Waals surface area contributed by atoms with E-state index in [-0.39, 0.29) is 41.2 Å². The Morgan fingerprint density at radius 1 is 0.964 bits per heavy atom. The van der Waals surface area contributed by atoms with E-state index in [0.717, 1.165) is 6.07 Å². The second kappa shape index (κ2) is 10.9. The largest absolute Gasteiger partial charge is 0.867 e. The molecule has 0 aliphatic heterocycles. The van der Waals surface area contributed by atoms with E-state index >= 15 is 0 Å². The van der Waals surface area contributed by atoms with Gasteiger partial charge in [-0.05, 0) is 18.1 Å². The Bertz CT molecular complexity index is 925. The van der Waals surface area contributed by atoms with Gasteiger partial charge in [-0.25, -0.2) is 0 Å². The van der Waals surface area contributed by atoms with E-state index in [2.05, 4.69) is 4.98 Å². The standard InChI is InChI=1S/C18H22N2O7S/c1-2-24-7-8-25-9-10-26-11-12-27-28(22,23)17-13-16(20-19)18(21)15-6-4-3-5-14(15)17/h3-6,13H,2,7-12H2,1H3. The van der Waals surface area contributed by atoms with Crippen molar-refractivity contribution >= 4 is 26.6 Å². The minimum atomic E-state index is -4.18. The highest BCUT2D eigenvalue weighted by Gasteiger charge is 2.24. The highest BCUT2D eigenvalue weighted by atomic mass is 32.2. The predicted molar refractivity (Wildman–Crippen MR) is 99.4 cm³/mol. The zero-order valence-corrected chi connectivity index (χ0v) is 16.3. The van der Waals surface area contributed by atoms with Gasteiger partial charge in [0.2, 0.25) is 5.39 Å². The Hall–Kier alpha value is -2.29. The molecule has 0 aliphatic rings. The molecular weight excluding hydrogens is 388 g/mol. The first-order chi connectivity index (χ1) is 13.5. The van der Waals surface area contributed by atoms with Gasteiger partial charge >= 0.3 is 5.69 Å². The molecule has 0 fully saturated rings. The van der Waals surface area contributed by atoms with E-state index in [0.29, 0.717) is 26.4 Å². The van der Waals surface area contributed by atoms with Crippen molar-refractivity contribution in [2.75, 3.05) is 46.2 Å². The van der Waals surface area contributed by atoms with Crippen LogP contribution >= 0.6 is 0 Å². The maximum absolute atomic E-state index is 12.5. The van der Waals surface area contributed by atoms with Crippen LogP contribution in [-0.2, 0) is 28.5 Å². The number of benzene rings is 2. The van der Waals surface area contributed by atoms with Gasteiger partial charge in [-0.2, -0.15) is 8.42 Å². The summed E-state index contributed by atoms with van der Waals surface area (Å²) >= 11 is 0. The molecule has 0 N–H and O–H groups in total. The van der Waals surface area contributed by atoms with Crippen molar-refractivity contribution in [3.63, 3.8) is 0 Å². The number of rotatable bonds is 12. The first kappa shape index (κ1) is 22.0. The molecule has 0 spiro atoms. The minimum absolute atomic E-state index is 0.0445. The first-order valence-corrected chi connectivity index (χ1v) is 10.1. The summed E-state index contributed by atoms with van der Waals surface area (Å²) in [5, 5.41) is 21.5. The van der Waals surface area contributed by atoms with Gasteiger partial charge in [0.15, 0.2) is 4.98 Å². The molecular formula is C18H22N2O7S. The zero-order valence-electron chi connectivity index (χ0n) is 15.5. The number of ether oxygens (including phenoxy) is 3. The third kappa shape index (κ3) is 5.85. The Morgan fingerprint density at radius 2 is 1.54 bits per heavy atom. The summed E-state index contributed by atoms with van der Waals surface area (Å²) in [7, 11) is -4.18. The third-order valence-electron chi connectivity index (χ3n) is 3.73. The van der Waals surface area contributed by atoms with E-state index in [9.17, 15) is 13.5 Å². The van der Waals surface area contributed by atoms with Crippen molar-refractivity contribution in [1.29, 1.82) is 5.39 Å². The predicted octanol–water partition coefficient (Wildman–Crippen LogP) is 2.17. The first-order valence-electron chi connectivity index (χ1n) is 8.71. The molecule has 28 heavy (non-hydrogen) atoms. The molecule has 0 radical (unpaired) electrons. The number of diazo groups is 1. The van der Waals surface area contributed by atoms with Gasteiger partial charge in [-0.15, -0.1) is 0 Å². The van der Waals surface area contributed by atoms with Crippen LogP contribution in [0.15, 0.2) is 35.2 Å². The summed E-state index contributed by atoms with van der Waals surface area (Å²) < 4.78 is 45.7. The lowest BCUT2D eigenvalue weighted by Crippen LogP contribution is -2.14. The molecule has 0 saturated heterocycles. The van der Waals surface area contributed by atoms with Crippen LogP contribution in [0.3, 0.4) is 0 Å². The topological polar surface area (TPSA) is 122 Å². The second-order valence-electron chi connectivity index (χ2n) is 5.57. The average Bonchev–Trinajstić information content (AvgIpc) is 2.69. The summed E-state index contributed by atoms with van der Waals surface area (Å²) in [6.45, 7) is 3.98. The fraction of sp³-hybridized carbons (Fsp3) is 0.444. The molecule has 2 aromatic carbocycles. The fourth-order valence-electron chi connectivity index (χ4n) is 2.43. The molecule has 0 heterocycles. The van der Waals surface area contributed by atoms with Gasteiger partial charge in [-0.3, -0.25) is 4.18 Å². The Labute approximate surface area is 163 Å². The molecule has 10 heteroatoms. The number of fused-ring (bicyclic) bond motifs is 1. The lowest BCUT2D eigenvalue weighted by Gasteiger charge is -2.12. The molecule has 0 atom stereocenters. The second-order valence-corrected chi connectivity index (χ2v) is 7.15. The fourth-order valence-corrected chi connectivity index (χ4v) is 3.55. The summed E-state index contributed by atoms with van der Waals surface area (Å²) in [4.78, 5) is 2.63. The van der Waals surface area contributed by atoms with E-state index in [4.69, 9.17) is 23.8 Å². The van der Waals surface area contributed by atoms with Crippen LogP contribution in [0.2, 0.25) is 0 Å². The van der Waals surface area contributed by atoms with Crippen LogP contribution in [0.4, 0.5) is 5.69 Å². The van der Waals surface area contributed by atoms with Crippen LogP contribution in [0.25, 0.3) is 15.7 Å². The van der Waals surface area contributed by atoms with Crippen molar-refractivity contribution in [2.24, 2.45) is 0 Å². The zero-order chi connectivity index (χ0) is 20.4. The van der Waals surface area contributed by atoms with E-state index in [1.807, 2.05) is 6.92 Å². The Balaban J connectivity index is 1.92. The molecule has 0 amide bonds. The van der Waals surface area contributed by atoms with Gasteiger partial charge in [0, 0.05) is 12.0 Å². The lowest BCUT2D eigenvalue weighted by atomic mass is 10.1. The Morgan fingerprint density at radius 3 is 2.14 bits per heavy atom. The molecule has 0 bridgehead atoms. The van der Waals surface area contributed by atoms with Crippen LogP contribution in [0.1, 0.15) is 6.92 Å². The van der Waals surface area contributed by atoms with Crippen LogP contribution in [0.5, 0.6) is 5.75 Å². The normalized spacial score (nSPS) is 11.6. The van der Waals surface area contributed by atoms with Crippen molar-refractivity contribution in [3.8, 4) is 5.75 Å². The molecule has 2 aromatic rings. The van der Waals surface area contributed by atoms with Gasteiger partial charge in [0.25, 0.3) is 10.1 Å². The molecule has 2 rings (SSSR count). The summed E-state index contributed by atoms with van der Waals surface area (Å²) in [6.07, 6.45) is 0. The third-order valence-corrected chi connectivity index (χ3v) is 5.08. The van der Waals surface area contributed by atoms with Crippen molar-refractivity contribution in [3.05, 3.63) is 35.3 Å². The molecule has 0 aliphatic carbocycles. The maximum Gasteiger partial charge on any atom is 0.379 e. The van der Waals surface area contributed by atoms with Gasteiger partial charge in [-0.1, -0.05) is 24.3 Å². The molecule has 9 nitrogen and oxygen atoms in total. The number of hydrogen-bond donors (Lipinski definition) is 0. The molecule has 152 valence electrons. The van der Waals surface area contributed by atoms with Gasteiger partial charge < -0.3 is 19.3 Å². The quantitative estimate of drug-likeness (QED) is 0.296. The van der Waals surface area contributed by atoms with Gasteiger partial charge in [0.1, 0.15) is 4.90 Å². The van der Waals surface area contributed by atoms with Crippen LogP contribution in [-0.4, -0.2) is 54.7 Å². The van der Waals surface area contributed by atoms with Crippen molar-refractivity contribution in [1.82, 2.24) is 0 Å². The highest BCUT2D eigenvalue weighted by molar-refractivity contribution is 7.87. The number of hydrogen-bond acceptors (Lipinski definition) is 8. The molecule has 0 saturated carbocycles. The van der Waals surface area contributed by atoms with Crippen LogP contribution in [0, 0.1) is 5.39 Å². The average molecular weight is 410 g/mol. The summed E-state index contributed by atoms with van der Waals surface area (Å²) in [6, 6.07) is 7.13. The Kier molecular flexibility index (Phi) is 8.56. The monoisotopic (exact) mass is 410 g/mol. The van der Waals surface area contributed by atoms with E-state index in [1.54, 1.807) is 12.1 Å². The van der Waals surface area contributed by atoms with Gasteiger partial charge in [0.05, 0.1) is 45.7 Å². The summed E-state index contributed by atoms with van der Waals surface area (Å²) in [5.41, 5.74) is -0.374. The summed E-state index contributed by atoms with van der Waals surface area (Å²) in [5.74, 6) is -0.565.